The van der Waals surface area contributed by atoms with Crippen molar-refractivity contribution in [3.05, 3.63) is 34.9 Å². The average molecular weight is 303 g/mol. The van der Waals surface area contributed by atoms with Gasteiger partial charge in [0.1, 0.15) is 0 Å². The first kappa shape index (κ1) is 16.5. The molecular formula is C18H25NO3. The van der Waals surface area contributed by atoms with Crippen LogP contribution in [0.15, 0.2) is 18.2 Å². The summed E-state index contributed by atoms with van der Waals surface area (Å²) in [5.74, 6) is -0.899. The van der Waals surface area contributed by atoms with Crippen LogP contribution in [0.3, 0.4) is 0 Å². The lowest BCUT2D eigenvalue weighted by Crippen LogP contribution is -2.45. The summed E-state index contributed by atoms with van der Waals surface area (Å²) in [7, 11) is 0. The molecule has 1 fully saturated rings. The van der Waals surface area contributed by atoms with E-state index in [9.17, 15) is 14.7 Å². The number of likely N-dealkylation sites (tertiary alicyclic amines) is 1. The van der Waals surface area contributed by atoms with Gasteiger partial charge in [-0.3, -0.25) is 9.59 Å². The van der Waals surface area contributed by atoms with Crippen LogP contribution in [0.5, 0.6) is 0 Å². The minimum atomic E-state index is -0.793. The first-order chi connectivity index (χ1) is 10.3. The average Bonchev–Trinajstić information content (AvgIpc) is 2.43. The zero-order valence-corrected chi connectivity index (χ0v) is 13.6. The van der Waals surface area contributed by atoms with Gasteiger partial charge in [0.2, 0.25) is 5.91 Å². The Balaban J connectivity index is 1.95. The molecule has 2 rings (SSSR count). The number of carboxylic acid groups (broad SMARTS) is 1. The fourth-order valence-electron chi connectivity index (χ4n) is 3.36. The summed E-state index contributed by atoms with van der Waals surface area (Å²) >= 11 is 0. The molecule has 4 nitrogen and oxygen atoms in total. The number of nitrogens with zero attached hydrogens (tertiary/aromatic N) is 1. The molecule has 0 aromatic heterocycles. The Morgan fingerprint density at radius 3 is 2.41 bits per heavy atom. The SMILES string of the molecule is Cc1cc(C)cc(CCC(=O)N2CC(C)CC(C(=O)O)C2)c1. The molecule has 2 atom stereocenters. The molecule has 1 aromatic carbocycles. The van der Waals surface area contributed by atoms with Crippen molar-refractivity contribution in [2.75, 3.05) is 13.1 Å². The van der Waals surface area contributed by atoms with Crippen molar-refractivity contribution in [1.29, 1.82) is 0 Å². The normalized spacial score (nSPS) is 21.7. The number of hydrogen-bond acceptors (Lipinski definition) is 2. The molecule has 1 heterocycles. The van der Waals surface area contributed by atoms with Gasteiger partial charge in [-0.15, -0.1) is 0 Å². The minimum absolute atomic E-state index is 0.0666. The molecule has 2 unspecified atom stereocenters. The number of aliphatic carboxylic acids is 1. The van der Waals surface area contributed by atoms with Crippen LogP contribution in [0.25, 0.3) is 0 Å². The molecule has 1 aliphatic rings. The molecule has 0 radical (unpaired) electrons. The second kappa shape index (κ2) is 6.95. The van der Waals surface area contributed by atoms with E-state index in [2.05, 4.69) is 32.0 Å². The maximum Gasteiger partial charge on any atom is 0.308 e. The predicted molar refractivity (Wildman–Crippen MR) is 85.7 cm³/mol. The van der Waals surface area contributed by atoms with Crippen molar-refractivity contribution in [3.63, 3.8) is 0 Å². The number of carbonyl (C=O) groups excluding carboxylic acids is 1. The van der Waals surface area contributed by atoms with Crippen LogP contribution in [0, 0.1) is 25.7 Å². The minimum Gasteiger partial charge on any atom is -0.481 e. The molecule has 1 aromatic rings. The van der Waals surface area contributed by atoms with Crippen molar-refractivity contribution in [2.24, 2.45) is 11.8 Å². The highest BCUT2D eigenvalue weighted by Gasteiger charge is 2.31. The van der Waals surface area contributed by atoms with Gasteiger partial charge in [-0.1, -0.05) is 36.2 Å². The zero-order chi connectivity index (χ0) is 16.3. The number of benzene rings is 1. The predicted octanol–water partition coefficient (Wildman–Crippen LogP) is 2.81. The van der Waals surface area contributed by atoms with E-state index < -0.39 is 11.9 Å². The van der Waals surface area contributed by atoms with E-state index in [0.717, 1.165) is 0 Å². The Morgan fingerprint density at radius 2 is 1.82 bits per heavy atom. The van der Waals surface area contributed by atoms with Gasteiger partial charge in [0.25, 0.3) is 0 Å². The van der Waals surface area contributed by atoms with E-state index in [1.54, 1.807) is 4.90 Å². The van der Waals surface area contributed by atoms with Gasteiger partial charge < -0.3 is 10.0 Å². The third-order valence-corrected chi connectivity index (χ3v) is 4.27. The summed E-state index contributed by atoms with van der Waals surface area (Å²) in [5, 5.41) is 9.19. The van der Waals surface area contributed by atoms with E-state index in [1.807, 2.05) is 6.92 Å². The second-order valence-corrected chi connectivity index (χ2v) is 6.67. The summed E-state index contributed by atoms with van der Waals surface area (Å²) in [6.07, 6.45) is 1.82. The third-order valence-electron chi connectivity index (χ3n) is 4.27. The van der Waals surface area contributed by atoms with E-state index in [-0.39, 0.29) is 11.8 Å². The summed E-state index contributed by atoms with van der Waals surface area (Å²) in [4.78, 5) is 25.3. The van der Waals surface area contributed by atoms with Gasteiger partial charge in [-0.2, -0.15) is 0 Å². The lowest BCUT2D eigenvalue weighted by molar-refractivity contribution is -0.146. The summed E-state index contributed by atoms with van der Waals surface area (Å²) in [6.45, 7) is 7.16. The molecule has 1 amide bonds. The number of rotatable bonds is 4. The standard InChI is InChI=1S/C18H25NO3/c1-12-6-13(2)8-15(7-12)4-5-17(20)19-10-14(3)9-16(11-19)18(21)22/h6-8,14,16H,4-5,9-11H2,1-3H3,(H,21,22). The van der Waals surface area contributed by atoms with Gasteiger partial charge in [-0.25, -0.2) is 0 Å². The van der Waals surface area contributed by atoms with Crippen molar-refractivity contribution in [2.45, 2.75) is 40.0 Å². The van der Waals surface area contributed by atoms with E-state index >= 15 is 0 Å². The fourth-order valence-corrected chi connectivity index (χ4v) is 3.36. The molecule has 22 heavy (non-hydrogen) atoms. The summed E-state index contributed by atoms with van der Waals surface area (Å²) in [6, 6.07) is 6.34. The van der Waals surface area contributed by atoms with Crippen LogP contribution < -0.4 is 0 Å². The Hall–Kier alpha value is -1.84. The topological polar surface area (TPSA) is 57.6 Å². The van der Waals surface area contributed by atoms with Crippen LogP contribution in [-0.4, -0.2) is 35.0 Å². The summed E-state index contributed by atoms with van der Waals surface area (Å²) in [5.41, 5.74) is 3.59. The summed E-state index contributed by atoms with van der Waals surface area (Å²) < 4.78 is 0. The molecule has 1 saturated heterocycles. The Morgan fingerprint density at radius 1 is 1.18 bits per heavy atom. The van der Waals surface area contributed by atoms with Crippen LogP contribution in [0.2, 0.25) is 0 Å². The van der Waals surface area contributed by atoms with Gasteiger partial charge in [0.15, 0.2) is 0 Å². The highest BCUT2D eigenvalue weighted by Crippen LogP contribution is 2.22. The van der Waals surface area contributed by atoms with E-state index in [0.29, 0.717) is 32.4 Å². The number of carbonyl (C=O) groups is 2. The smallest absolute Gasteiger partial charge is 0.308 e. The number of hydrogen-bond donors (Lipinski definition) is 1. The quantitative estimate of drug-likeness (QED) is 0.930. The zero-order valence-electron chi connectivity index (χ0n) is 13.6. The lowest BCUT2D eigenvalue weighted by atomic mass is 9.90. The number of piperidine rings is 1. The van der Waals surface area contributed by atoms with Crippen LogP contribution in [0.1, 0.15) is 36.5 Å². The molecule has 0 spiro atoms. The van der Waals surface area contributed by atoms with Crippen molar-refractivity contribution in [3.8, 4) is 0 Å². The molecule has 1 aliphatic heterocycles. The monoisotopic (exact) mass is 303 g/mol. The molecule has 1 N–H and O–H groups in total. The fraction of sp³-hybridized carbons (Fsp3) is 0.556. The molecule has 120 valence electrons. The number of aryl methyl sites for hydroxylation is 3. The number of carboxylic acids is 1. The van der Waals surface area contributed by atoms with Crippen LogP contribution in [-0.2, 0) is 16.0 Å². The van der Waals surface area contributed by atoms with E-state index in [1.165, 1.54) is 16.7 Å². The van der Waals surface area contributed by atoms with Crippen molar-refractivity contribution in [1.82, 2.24) is 4.90 Å². The molecule has 4 heteroatoms. The van der Waals surface area contributed by atoms with E-state index in [4.69, 9.17) is 0 Å². The number of amides is 1. The maximum atomic E-state index is 12.4. The Bertz CT molecular complexity index is 547. The first-order valence-corrected chi connectivity index (χ1v) is 7.93. The first-order valence-electron chi connectivity index (χ1n) is 7.93. The van der Waals surface area contributed by atoms with Gasteiger partial charge >= 0.3 is 5.97 Å². The van der Waals surface area contributed by atoms with Crippen molar-refractivity contribution >= 4 is 11.9 Å². The second-order valence-electron chi connectivity index (χ2n) is 6.67. The van der Waals surface area contributed by atoms with Crippen LogP contribution in [0.4, 0.5) is 0 Å². The maximum absolute atomic E-state index is 12.4. The molecule has 0 bridgehead atoms. The molecule has 0 saturated carbocycles. The molecular weight excluding hydrogens is 278 g/mol. The van der Waals surface area contributed by atoms with Gasteiger partial charge in [-0.05, 0) is 38.2 Å². The Labute approximate surface area is 132 Å². The lowest BCUT2D eigenvalue weighted by Gasteiger charge is -2.34. The van der Waals surface area contributed by atoms with Crippen molar-refractivity contribution < 1.29 is 14.7 Å². The van der Waals surface area contributed by atoms with Crippen LogP contribution >= 0.6 is 0 Å². The van der Waals surface area contributed by atoms with Gasteiger partial charge in [0, 0.05) is 19.5 Å². The Kier molecular flexibility index (Phi) is 5.22. The largest absolute Gasteiger partial charge is 0.481 e. The molecule has 0 aliphatic carbocycles. The third kappa shape index (κ3) is 4.33. The highest BCUT2D eigenvalue weighted by molar-refractivity contribution is 5.78. The van der Waals surface area contributed by atoms with Gasteiger partial charge in [0.05, 0.1) is 5.92 Å². The highest BCUT2D eigenvalue weighted by atomic mass is 16.4.